The standard InChI is InChI=1S/C13H15ClN2OS/c1-8-7-9-10(14)15-12(16-11(9)18-8)13(17-2)5-3-4-6-13/h7H,3-6H2,1-2H3. The number of ether oxygens (including phenoxy) is 1. The zero-order chi connectivity index (χ0) is 12.8. The molecule has 2 aromatic rings. The van der Waals surface area contributed by atoms with Crippen LogP contribution >= 0.6 is 22.9 Å². The summed E-state index contributed by atoms with van der Waals surface area (Å²) in [7, 11) is 1.74. The second-order valence-electron chi connectivity index (χ2n) is 4.82. The number of hydrogen-bond acceptors (Lipinski definition) is 4. The summed E-state index contributed by atoms with van der Waals surface area (Å²) in [5.41, 5.74) is -0.324. The molecule has 0 spiro atoms. The Morgan fingerprint density at radius 1 is 1.33 bits per heavy atom. The molecule has 0 N–H and O–H groups in total. The summed E-state index contributed by atoms with van der Waals surface area (Å²) in [5, 5.41) is 1.50. The molecule has 5 heteroatoms. The van der Waals surface area contributed by atoms with Crippen LogP contribution in [0.3, 0.4) is 0 Å². The highest BCUT2D eigenvalue weighted by molar-refractivity contribution is 7.18. The number of methoxy groups -OCH3 is 1. The molecule has 0 atom stereocenters. The predicted molar refractivity (Wildman–Crippen MR) is 74.3 cm³/mol. The normalized spacial score (nSPS) is 18.6. The van der Waals surface area contributed by atoms with E-state index >= 15 is 0 Å². The molecule has 0 radical (unpaired) electrons. The first-order valence-electron chi connectivity index (χ1n) is 6.14. The van der Waals surface area contributed by atoms with E-state index in [9.17, 15) is 0 Å². The van der Waals surface area contributed by atoms with Crippen LogP contribution in [-0.4, -0.2) is 17.1 Å². The molecule has 0 aliphatic heterocycles. The maximum atomic E-state index is 6.27. The van der Waals surface area contributed by atoms with Gasteiger partial charge in [-0.2, -0.15) is 0 Å². The zero-order valence-electron chi connectivity index (χ0n) is 10.5. The Bertz CT molecular complexity index is 590. The molecular formula is C13H15ClN2OS. The number of thiophene rings is 1. The Morgan fingerprint density at radius 2 is 2.06 bits per heavy atom. The molecule has 1 fully saturated rings. The van der Waals surface area contributed by atoms with Gasteiger partial charge in [-0.15, -0.1) is 11.3 Å². The van der Waals surface area contributed by atoms with Crippen molar-refractivity contribution in [2.24, 2.45) is 0 Å². The molecule has 0 bridgehead atoms. The van der Waals surface area contributed by atoms with Gasteiger partial charge in [0, 0.05) is 17.4 Å². The average molecular weight is 283 g/mol. The lowest BCUT2D eigenvalue weighted by Gasteiger charge is -2.25. The van der Waals surface area contributed by atoms with Crippen LogP contribution in [0.5, 0.6) is 0 Å². The monoisotopic (exact) mass is 282 g/mol. The summed E-state index contributed by atoms with van der Waals surface area (Å²) in [6.07, 6.45) is 4.29. The third kappa shape index (κ3) is 1.83. The van der Waals surface area contributed by atoms with E-state index < -0.39 is 0 Å². The van der Waals surface area contributed by atoms with E-state index in [1.54, 1.807) is 18.4 Å². The highest BCUT2D eigenvalue weighted by Gasteiger charge is 2.39. The van der Waals surface area contributed by atoms with E-state index in [0.29, 0.717) is 5.15 Å². The maximum absolute atomic E-state index is 6.27. The fourth-order valence-corrected chi connectivity index (χ4v) is 3.84. The van der Waals surface area contributed by atoms with Crippen molar-refractivity contribution in [2.75, 3.05) is 7.11 Å². The van der Waals surface area contributed by atoms with Crippen molar-refractivity contribution < 1.29 is 4.74 Å². The van der Waals surface area contributed by atoms with Gasteiger partial charge in [0.25, 0.3) is 0 Å². The molecule has 1 saturated carbocycles. The Balaban J connectivity index is 2.17. The average Bonchev–Trinajstić information content (AvgIpc) is 2.95. The van der Waals surface area contributed by atoms with Crippen molar-refractivity contribution in [3.05, 3.63) is 21.9 Å². The van der Waals surface area contributed by atoms with Crippen LogP contribution in [0.4, 0.5) is 0 Å². The molecule has 0 amide bonds. The van der Waals surface area contributed by atoms with Crippen molar-refractivity contribution in [2.45, 2.75) is 38.2 Å². The van der Waals surface area contributed by atoms with Crippen molar-refractivity contribution in [3.63, 3.8) is 0 Å². The largest absolute Gasteiger partial charge is 0.370 e. The van der Waals surface area contributed by atoms with Crippen LogP contribution in [0.25, 0.3) is 10.2 Å². The van der Waals surface area contributed by atoms with E-state index in [4.69, 9.17) is 16.3 Å². The van der Waals surface area contributed by atoms with Gasteiger partial charge in [-0.05, 0) is 38.7 Å². The van der Waals surface area contributed by atoms with E-state index in [2.05, 4.69) is 16.9 Å². The number of halogens is 1. The van der Waals surface area contributed by atoms with Gasteiger partial charge >= 0.3 is 0 Å². The second-order valence-corrected chi connectivity index (χ2v) is 6.41. The summed E-state index contributed by atoms with van der Waals surface area (Å²) in [4.78, 5) is 11.3. The molecule has 0 saturated heterocycles. The fourth-order valence-electron chi connectivity index (χ4n) is 2.68. The summed E-state index contributed by atoms with van der Waals surface area (Å²) in [6.45, 7) is 2.06. The molecule has 2 aromatic heterocycles. The van der Waals surface area contributed by atoms with Crippen LogP contribution in [0.1, 0.15) is 36.4 Å². The van der Waals surface area contributed by atoms with Gasteiger partial charge in [0.2, 0.25) is 0 Å². The Kier molecular flexibility index (Phi) is 3.04. The topological polar surface area (TPSA) is 35.0 Å². The Hall–Kier alpha value is -0.710. The van der Waals surface area contributed by atoms with Crippen LogP contribution in [0, 0.1) is 6.92 Å². The quantitative estimate of drug-likeness (QED) is 0.779. The Labute approximate surface area is 115 Å². The minimum Gasteiger partial charge on any atom is -0.370 e. The molecule has 0 unspecified atom stereocenters. The maximum Gasteiger partial charge on any atom is 0.163 e. The van der Waals surface area contributed by atoms with Crippen molar-refractivity contribution >= 4 is 33.2 Å². The van der Waals surface area contributed by atoms with Gasteiger partial charge in [0.05, 0.1) is 0 Å². The summed E-state index contributed by atoms with van der Waals surface area (Å²) in [5.74, 6) is 0.752. The first-order chi connectivity index (χ1) is 8.64. The molecular weight excluding hydrogens is 268 g/mol. The molecule has 3 rings (SSSR count). The first kappa shape index (κ1) is 12.3. The predicted octanol–water partition coefficient (Wildman–Crippen LogP) is 4.07. The van der Waals surface area contributed by atoms with Crippen molar-refractivity contribution in [3.8, 4) is 0 Å². The third-order valence-corrected chi connectivity index (χ3v) is 4.91. The lowest BCUT2D eigenvalue weighted by Crippen LogP contribution is -2.27. The molecule has 3 nitrogen and oxygen atoms in total. The smallest absolute Gasteiger partial charge is 0.163 e. The van der Waals surface area contributed by atoms with Crippen LogP contribution in [-0.2, 0) is 10.3 Å². The summed E-state index contributed by atoms with van der Waals surface area (Å²) >= 11 is 7.93. The van der Waals surface area contributed by atoms with Gasteiger partial charge in [0.15, 0.2) is 5.82 Å². The number of nitrogens with zero attached hydrogens (tertiary/aromatic N) is 2. The second kappa shape index (κ2) is 4.44. The molecule has 2 heterocycles. The van der Waals surface area contributed by atoms with E-state index in [0.717, 1.165) is 41.7 Å². The summed E-state index contributed by atoms with van der Waals surface area (Å²) < 4.78 is 5.72. The Morgan fingerprint density at radius 3 is 2.72 bits per heavy atom. The number of aromatic nitrogens is 2. The van der Waals surface area contributed by atoms with E-state index in [1.165, 1.54) is 4.88 Å². The van der Waals surface area contributed by atoms with Crippen LogP contribution in [0.2, 0.25) is 5.15 Å². The number of aryl methyl sites for hydroxylation is 1. The van der Waals surface area contributed by atoms with Gasteiger partial charge in [-0.25, -0.2) is 9.97 Å². The van der Waals surface area contributed by atoms with Crippen molar-refractivity contribution in [1.82, 2.24) is 9.97 Å². The highest BCUT2D eigenvalue weighted by atomic mass is 35.5. The molecule has 96 valence electrons. The number of hydrogen-bond donors (Lipinski definition) is 0. The minimum atomic E-state index is -0.324. The minimum absolute atomic E-state index is 0.324. The zero-order valence-corrected chi connectivity index (χ0v) is 12.1. The van der Waals surface area contributed by atoms with Gasteiger partial charge in [-0.1, -0.05) is 11.6 Å². The number of fused-ring (bicyclic) bond motifs is 1. The lowest BCUT2D eigenvalue weighted by molar-refractivity contribution is -0.0159. The van der Waals surface area contributed by atoms with Crippen LogP contribution < -0.4 is 0 Å². The third-order valence-electron chi connectivity index (χ3n) is 3.68. The molecule has 1 aliphatic carbocycles. The van der Waals surface area contributed by atoms with Gasteiger partial charge in [0.1, 0.15) is 15.6 Å². The molecule has 0 aromatic carbocycles. The van der Waals surface area contributed by atoms with E-state index in [1.807, 2.05) is 6.07 Å². The van der Waals surface area contributed by atoms with Crippen molar-refractivity contribution in [1.29, 1.82) is 0 Å². The highest BCUT2D eigenvalue weighted by Crippen LogP contribution is 2.41. The fraction of sp³-hybridized carbons (Fsp3) is 0.538. The van der Waals surface area contributed by atoms with Gasteiger partial charge < -0.3 is 4.74 Å². The van der Waals surface area contributed by atoms with E-state index in [-0.39, 0.29) is 5.60 Å². The van der Waals surface area contributed by atoms with Gasteiger partial charge in [-0.3, -0.25) is 0 Å². The lowest BCUT2D eigenvalue weighted by atomic mass is 10.0. The number of rotatable bonds is 2. The molecule has 18 heavy (non-hydrogen) atoms. The SMILES string of the molecule is COC1(c2nc(Cl)c3cc(C)sc3n2)CCCC1. The summed E-state index contributed by atoms with van der Waals surface area (Å²) in [6, 6.07) is 2.04. The first-order valence-corrected chi connectivity index (χ1v) is 7.33. The molecule has 1 aliphatic rings. The van der Waals surface area contributed by atoms with Crippen LogP contribution in [0.15, 0.2) is 6.07 Å².